The summed E-state index contributed by atoms with van der Waals surface area (Å²) in [5, 5.41) is 16.6. The number of carbonyl (C=O) groups is 1. The van der Waals surface area contributed by atoms with Gasteiger partial charge in [0, 0.05) is 12.3 Å². The largest absolute Gasteiger partial charge is 0.278 e. The van der Waals surface area contributed by atoms with Gasteiger partial charge in [-0.15, -0.1) is 0 Å². The quantitative estimate of drug-likeness (QED) is 0.648. The molecule has 0 saturated heterocycles. The summed E-state index contributed by atoms with van der Waals surface area (Å²) in [6.07, 6.45) is 0.449. The van der Waals surface area contributed by atoms with Crippen molar-refractivity contribution in [1.29, 1.82) is 5.26 Å². The zero-order valence-electron chi connectivity index (χ0n) is 11.3. The first-order valence-corrected chi connectivity index (χ1v) is 6.27. The zero-order chi connectivity index (χ0) is 14.5. The van der Waals surface area contributed by atoms with E-state index in [2.05, 4.69) is 21.1 Å². The van der Waals surface area contributed by atoms with Crippen LogP contribution < -0.4 is 10.9 Å². The molecule has 2 rings (SSSR count). The van der Waals surface area contributed by atoms with E-state index in [9.17, 15) is 4.79 Å². The summed E-state index contributed by atoms with van der Waals surface area (Å²) in [5.41, 5.74) is 8.28. The van der Waals surface area contributed by atoms with E-state index in [4.69, 9.17) is 5.26 Å². The SMILES string of the molecule is CC(C#N)=NNc1ccc(C2=NNC(=O)CC2C)cc1. The van der Waals surface area contributed by atoms with E-state index in [0.717, 1.165) is 17.0 Å². The number of hydrogen-bond donors (Lipinski definition) is 2. The van der Waals surface area contributed by atoms with Gasteiger partial charge in [-0.05, 0) is 24.6 Å². The van der Waals surface area contributed by atoms with E-state index < -0.39 is 0 Å². The minimum atomic E-state index is -0.0548. The molecule has 0 fully saturated rings. The molecule has 1 aliphatic heterocycles. The Morgan fingerprint density at radius 1 is 1.50 bits per heavy atom. The molecule has 0 radical (unpaired) electrons. The first kappa shape index (κ1) is 13.7. The Labute approximate surface area is 117 Å². The average Bonchev–Trinajstić information content (AvgIpc) is 2.45. The Bertz CT molecular complexity index is 609. The number of carbonyl (C=O) groups excluding carboxylic acids is 1. The Balaban J connectivity index is 2.13. The maximum atomic E-state index is 11.2. The lowest BCUT2D eigenvalue weighted by Crippen LogP contribution is -2.31. The van der Waals surface area contributed by atoms with Crippen LogP contribution >= 0.6 is 0 Å². The van der Waals surface area contributed by atoms with Gasteiger partial charge in [0.15, 0.2) is 0 Å². The van der Waals surface area contributed by atoms with Crippen molar-refractivity contribution in [2.75, 3.05) is 5.43 Å². The standard InChI is InChI=1S/C14H15N5O/c1-9-7-13(20)18-19-14(9)11-3-5-12(6-4-11)17-16-10(2)8-15/h3-6,9,17H,7H2,1-2H3,(H,18,20). The van der Waals surface area contributed by atoms with E-state index in [-0.39, 0.29) is 11.8 Å². The molecule has 1 unspecified atom stereocenters. The molecule has 0 saturated carbocycles. The number of benzene rings is 1. The van der Waals surface area contributed by atoms with Gasteiger partial charge in [0.2, 0.25) is 5.91 Å². The van der Waals surface area contributed by atoms with Gasteiger partial charge in [-0.3, -0.25) is 10.2 Å². The Morgan fingerprint density at radius 3 is 2.80 bits per heavy atom. The molecule has 1 aromatic carbocycles. The summed E-state index contributed by atoms with van der Waals surface area (Å²) in [7, 11) is 0. The van der Waals surface area contributed by atoms with Crippen molar-refractivity contribution in [2.24, 2.45) is 16.1 Å². The Kier molecular flexibility index (Phi) is 4.11. The molecule has 0 bridgehead atoms. The predicted molar refractivity (Wildman–Crippen MR) is 77.2 cm³/mol. The topological polar surface area (TPSA) is 89.6 Å². The molecule has 0 aromatic heterocycles. The van der Waals surface area contributed by atoms with Crippen LogP contribution in [-0.2, 0) is 4.79 Å². The van der Waals surface area contributed by atoms with Gasteiger partial charge in [0.1, 0.15) is 11.8 Å². The van der Waals surface area contributed by atoms with E-state index >= 15 is 0 Å². The predicted octanol–water partition coefficient (Wildman–Crippen LogP) is 1.86. The van der Waals surface area contributed by atoms with E-state index in [1.807, 2.05) is 37.3 Å². The second kappa shape index (κ2) is 5.97. The van der Waals surface area contributed by atoms with Crippen LogP contribution in [0.25, 0.3) is 0 Å². The molecule has 102 valence electrons. The van der Waals surface area contributed by atoms with Crippen molar-refractivity contribution >= 4 is 23.0 Å². The summed E-state index contributed by atoms with van der Waals surface area (Å²) in [6.45, 7) is 3.60. The third-order valence-electron chi connectivity index (χ3n) is 2.95. The summed E-state index contributed by atoms with van der Waals surface area (Å²) in [4.78, 5) is 11.2. The lowest BCUT2D eigenvalue weighted by atomic mass is 9.94. The number of hydrogen-bond acceptors (Lipinski definition) is 5. The number of nitriles is 1. The average molecular weight is 269 g/mol. The molecular formula is C14H15N5O. The molecule has 1 heterocycles. The highest BCUT2D eigenvalue weighted by molar-refractivity contribution is 6.05. The number of amides is 1. The maximum Gasteiger partial charge on any atom is 0.240 e. The third kappa shape index (κ3) is 3.20. The fourth-order valence-electron chi connectivity index (χ4n) is 1.89. The van der Waals surface area contributed by atoms with Crippen LogP contribution in [0, 0.1) is 17.2 Å². The lowest BCUT2D eigenvalue weighted by Gasteiger charge is -2.19. The van der Waals surface area contributed by atoms with Gasteiger partial charge in [-0.25, -0.2) is 5.43 Å². The summed E-state index contributed by atoms with van der Waals surface area (Å²) in [6, 6.07) is 9.47. The van der Waals surface area contributed by atoms with Crippen molar-refractivity contribution in [3.8, 4) is 6.07 Å². The molecule has 0 spiro atoms. The highest BCUT2D eigenvalue weighted by Gasteiger charge is 2.21. The fourth-order valence-corrected chi connectivity index (χ4v) is 1.89. The minimum Gasteiger partial charge on any atom is -0.278 e. The normalized spacial score (nSPS) is 18.9. The zero-order valence-corrected chi connectivity index (χ0v) is 11.3. The number of nitrogens with one attached hydrogen (secondary N) is 2. The molecule has 0 aliphatic carbocycles. The van der Waals surface area contributed by atoms with Crippen LogP contribution in [0.1, 0.15) is 25.8 Å². The summed E-state index contributed by atoms with van der Waals surface area (Å²) in [5.74, 6) is 0.0438. The van der Waals surface area contributed by atoms with Crippen molar-refractivity contribution in [1.82, 2.24) is 5.43 Å². The monoisotopic (exact) mass is 269 g/mol. The van der Waals surface area contributed by atoms with Crippen molar-refractivity contribution in [3.63, 3.8) is 0 Å². The first-order valence-electron chi connectivity index (χ1n) is 6.27. The molecule has 1 amide bonds. The second-order valence-electron chi connectivity index (χ2n) is 4.64. The van der Waals surface area contributed by atoms with Crippen LogP contribution in [0.3, 0.4) is 0 Å². The molecule has 20 heavy (non-hydrogen) atoms. The molecule has 6 heteroatoms. The van der Waals surface area contributed by atoms with E-state index in [1.54, 1.807) is 6.92 Å². The number of hydrazone groups is 2. The van der Waals surface area contributed by atoms with Crippen LogP contribution in [0.2, 0.25) is 0 Å². The summed E-state index contributed by atoms with van der Waals surface area (Å²) < 4.78 is 0. The van der Waals surface area contributed by atoms with Gasteiger partial charge in [0.05, 0.1) is 11.4 Å². The molecular weight excluding hydrogens is 254 g/mol. The van der Waals surface area contributed by atoms with Crippen LogP contribution in [0.15, 0.2) is 34.5 Å². The van der Waals surface area contributed by atoms with Crippen molar-refractivity contribution < 1.29 is 4.79 Å². The maximum absolute atomic E-state index is 11.2. The second-order valence-corrected chi connectivity index (χ2v) is 4.64. The minimum absolute atomic E-state index is 0.0548. The van der Waals surface area contributed by atoms with Crippen LogP contribution in [0.5, 0.6) is 0 Å². The van der Waals surface area contributed by atoms with Crippen molar-refractivity contribution in [3.05, 3.63) is 29.8 Å². The molecule has 1 aliphatic rings. The number of nitrogens with zero attached hydrogens (tertiary/aromatic N) is 3. The van der Waals surface area contributed by atoms with Crippen LogP contribution in [-0.4, -0.2) is 17.3 Å². The lowest BCUT2D eigenvalue weighted by molar-refractivity contribution is -0.121. The number of rotatable bonds is 3. The van der Waals surface area contributed by atoms with Crippen molar-refractivity contribution in [2.45, 2.75) is 20.3 Å². The highest BCUT2D eigenvalue weighted by Crippen LogP contribution is 2.18. The van der Waals surface area contributed by atoms with Gasteiger partial charge >= 0.3 is 0 Å². The molecule has 1 aromatic rings. The first-order chi connectivity index (χ1) is 9.60. The third-order valence-corrected chi connectivity index (χ3v) is 2.95. The highest BCUT2D eigenvalue weighted by atomic mass is 16.2. The van der Waals surface area contributed by atoms with Gasteiger partial charge in [-0.1, -0.05) is 19.1 Å². The molecule has 6 nitrogen and oxygen atoms in total. The van der Waals surface area contributed by atoms with Gasteiger partial charge < -0.3 is 0 Å². The van der Waals surface area contributed by atoms with Gasteiger partial charge in [-0.2, -0.15) is 15.5 Å². The molecule has 2 N–H and O–H groups in total. The fraction of sp³-hybridized carbons (Fsp3) is 0.286. The van der Waals surface area contributed by atoms with E-state index in [0.29, 0.717) is 12.1 Å². The summed E-state index contributed by atoms with van der Waals surface area (Å²) >= 11 is 0. The van der Waals surface area contributed by atoms with Gasteiger partial charge in [0.25, 0.3) is 0 Å². The Morgan fingerprint density at radius 2 is 2.20 bits per heavy atom. The number of anilines is 1. The molecule has 1 atom stereocenters. The van der Waals surface area contributed by atoms with E-state index in [1.165, 1.54) is 0 Å². The van der Waals surface area contributed by atoms with Crippen LogP contribution in [0.4, 0.5) is 5.69 Å². The smallest absolute Gasteiger partial charge is 0.240 e. The Hall–Kier alpha value is -2.68.